The standard InChI is InChI=1S/C25H32NSi/c1-6-19-11-10-18(2)24(16-19)25-23-13-12-22(17-20(23)14-15-26(25)3)27(4,5)21-8-7-9-21/h10-17,21H,6-9H2,1-5H3/q+1. The first-order valence-corrected chi connectivity index (χ1v) is 13.5. The highest BCUT2D eigenvalue weighted by Gasteiger charge is 2.37. The van der Waals surface area contributed by atoms with E-state index in [-0.39, 0.29) is 0 Å². The van der Waals surface area contributed by atoms with Gasteiger partial charge in [0.2, 0.25) is 5.69 Å². The second-order valence-corrected chi connectivity index (χ2v) is 13.8. The first-order chi connectivity index (χ1) is 12.9. The summed E-state index contributed by atoms with van der Waals surface area (Å²) < 4.78 is 2.29. The molecule has 0 radical (unpaired) electrons. The van der Waals surface area contributed by atoms with E-state index in [1.54, 1.807) is 5.19 Å². The molecule has 1 aliphatic rings. The maximum absolute atomic E-state index is 2.57. The van der Waals surface area contributed by atoms with Gasteiger partial charge < -0.3 is 0 Å². The molecular weight excluding hydrogens is 342 g/mol. The van der Waals surface area contributed by atoms with E-state index in [0.717, 1.165) is 12.0 Å². The number of rotatable bonds is 4. The summed E-state index contributed by atoms with van der Waals surface area (Å²) in [5.41, 5.74) is 6.43. The average Bonchev–Trinajstić information content (AvgIpc) is 2.60. The van der Waals surface area contributed by atoms with Gasteiger partial charge in [-0.05, 0) is 47.5 Å². The number of hydrogen-bond donors (Lipinski definition) is 0. The van der Waals surface area contributed by atoms with Crippen molar-refractivity contribution in [3.63, 3.8) is 0 Å². The molecule has 1 fully saturated rings. The SMILES string of the molecule is CCc1ccc(C)c(-c2c3ccc([Si](C)(C)C4CCC4)cc3cc[n+]2C)c1. The molecule has 0 amide bonds. The van der Waals surface area contributed by atoms with Crippen LogP contribution < -0.4 is 9.75 Å². The molecule has 1 aromatic heterocycles. The number of hydrogen-bond acceptors (Lipinski definition) is 0. The molecule has 2 aromatic carbocycles. The number of benzene rings is 2. The smallest absolute Gasteiger partial charge is 0.200 e. The Morgan fingerprint density at radius 1 is 1.04 bits per heavy atom. The predicted octanol–water partition coefficient (Wildman–Crippen LogP) is 5.67. The van der Waals surface area contributed by atoms with Crippen LogP contribution in [0.3, 0.4) is 0 Å². The van der Waals surface area contributed by atoms with E-state index in [1.165, 1.54) is 52.4 Å². The molecule has 27 heavy (non-hydrogen) atoms. The summed E-state index contributed by atoms with van der Waals surface area (Å²) in [6.07, 6.45) is 7.62. The van der Waals surface area contributed by atoms with Crippen LogP contribution in [0.1, 0.15) is 37.3 Å². The normalized spacial score (nSPS) is 15.1. The van der Waals surface area contributed by atoms with Gasteiger partial charge in [-0.2, -0.15) is 0 Å². The second kappa shape index (κ2) is 6.90. The predicted molar refractivity (Wildman–Crippen MR) is 119 cm³/mol. The third-order valence-electron chi connectivity index (χ3n) is 6.97. The molecule has 140 valence electrons. The highest BCUT2D eigenvalue weighted by atomic mass is 28.3. The monoisotopic (exact) mass is 374 g/mol. The number of aryl methyl sites for hydroxylation is 3. The Kier molecular flexibility index (Phi) is 4.71. The molecule has 2 heteroatoms. The van der Waals surface area contributed by atoms with Crippen LogP contribution in [-0.4, -0.2) is 8.07 Å². The summed E-state index contributed by atoms with van der Waals surface area (Å²) in [4.78, 5) is 0. The molecule has 1 aliphatic carbocycles. The van der Waals surface area contributed by atoms with Crippen molar-refractivity contribution in [2.75, 3.05) is 0 Å². The van der Waals surface area contributed by atoms with Crippen LogP contribution in [0.5, 0.6) is 0 Å². The molecule has 0 unspecified atom stereocenters. The Morgan fingerprint density at radius 3 is 2.48 bits per heavy atom. The number of pyridine rings is 1. The van der Waals surface area contributed by atoms with Crippen LogP contribution >= 0.6 is 0 Å². The molecule has 0 saturated heterocycles. The summed E-state index contributed by atoms with van der Waals surface area (Å²) in [5, 5.41) is 4.39. The molecule has 0 N–H and O–H groups in total. The van der Waals surface area contributed by atoms with Crippen LogP contribution in [0.4, 0.5) is 0 Å². The lowest BCUT2D eigenvalue weighted by molar-refractivity contribution is -0.659. The van der Waals surface area contributed by atoms with Gasteiger partial charge in [0.05, 0.1) is 13.5 Å². The molecular formula is C25H32NSi+. The average molecular weight is 375 g/mol. The molecule has 1 nitrogen and oxygen atoms in total. The van der Waals surface area contributed by atoms with E-state index in [9.17, 15) is 0 Å². The topological polar surface area (TPSA) is 3.88 Å². The summed E-state index contributed by atoms with van der Waals surface area (Å²) in [6, 6.07) is 16.5. The lowest BCUT2D eigenvalue weighted by Gasteiger charge is -2.39. The van der Waals surface area contributed by atoms with Crippen LogP contribution in [0.25, 0.3) is 22.0 Å². The Morgan fingerprint density at radius 2 is 1.81 bits per heavy atom. The lowest BCUT2D eigenvalue weighted by atomic mass is 9.97. The molecule has 3 aromatic rings. The van der Waals surface area contributed by atoms with Gasteiger partial charge in [0.25, 0.3) is 0 Å². The summed E-state index contributed by atoms with van der Waals surface area (Å²) >= 11 is 0. The number of fused-ring (bicyclic) bond motifs is 1. The van der Waals surface area contributed by atoms with E-state index in [4.69, 9.17) is 0 Å². The summed E-state index contributed by atoms with van der Waals surface area (Å²) in [7, 11) is 0.818. The first-order valence-electron chi connectivity index (χ1n) is 10.4. The van der Waals surface area contributed by atoms with Crippen LogP contribution in [0, 0.1) is 6.92 Å². The molecule has 1 heterocycles. The van der Waals surface area contributed by atoms with Crippen molar-refractivity contribution in [2.45, 2.75) is 58.2 Å². The van der Waals surface area contributed by atoms with Crippen molar-refractivity contribution in [1.82, 2.24) is 0 Å². The van der Waals surface area contributed by atoms with Gasteiger partial charge in [-0.25, -0.2) is 4.57 Å². The number of aromatic nitrogens is 1. The maximum atomic E-state index is 2.57. The van der Waals surface area contributed by atoms with Crippen molar-refractivity contribution in [3.05, 3.63) is 59.8 Å². The zero-order valence-electron chi connectivity index (χ0n) is 17.5. The lowest BCUT2D eigenvalue weighted by Crippen LogP contribution is -2.48. The third-order valence-corrected chi connectivity index (χ3v) is 11.4. The van der Waals surface area contributed by atoms with Gasteiger partial charge in [0.15, 0.2) is 6.20 Å². The largest absolute Gasteiger partial charge is 0.220 e. The minimum absolute atomic E-state index is 0.970. The van der Waals surface area contributed by atoms with Gasteiger partial charge in [-0.15, -0.1) is 0 Å². The minimum atomic E-state index is -1.36. The van der Waals surface area contributed by atoms with Crippen LogP contribution in [0.15, 0.2) is 48.7 Å². The van der Waals surface area contributed by atoms with Crippen LogP contribution in [-0.2, 0) is 13.5 Å². The van der Waals surface area contributed by atoms with Crippen molar-refractivity contribution in [2.24, 2.45) is 7.05 Å². The molecule has 0 aliphatic heterocycles. The van der Waals surface area contributed by atoms with Crippen molar-refractivity contribution in [3.8, 4) is 11.3 Å². The molecule has 0 atom stereocenters. The molecule has 0 bridgehead atoms. The van der Waals surface area contributed by atoms with Crippen molar-refractivity contribution >= 4 is 24.0 Å². The van der Waals surface area contributed by atoms with E-state index < -0.39 is 8.07 Å². The van der Waals surface area contributed by atoms with Crippen molar-refractivity contribution in [1.29, 1.82) is 0 Å². The van der Waals surface area contributed by atoms with Gasteiger partial charge in [-0.1, -0.05) is 68.7 Å². The minimum Gasteiger partial charge on any atom is -0.200 e. The van der Waals surface area contributed by atoms with E-state index >= 15 is 0 Å². The van der Waals surface area contributed by atoms with Crippen LogP contribution in [0.2, 0.25) is 18.6 Å². The quantitative estimate of drug-likeness (QED) is 0.409. The van der Waals surface area contributed by atoms with E-state index in [0.29, 0.717) is 0 Å². The zero-order chi connectivity index (χ0) is 19.2. The summed E-state index contributed by atoms with van der Waals surface area (Å²) in [6.45, 7) is 9.60. The maximum Gasteiger partial charge on any atom is 0.220 e. The highest BCUT2D eigenvalue weighted by molar-refractivity contribution is 6.91. The Labute approximate surface area is 165 Å². The molecule has 1 saturated carbocycles. The van der Waals surface area contributed by atoms with Gasteiger partial charge in [0, 0.05) is 11.6 Å². The fraction of sp³-hybridized carbons (Fsp3) is 0.400. The van der Waals surface area contributed by atoms with Gasteiger partial charge in [0.1, 0.15) is 7.05 Å². The third kappa shape index (κ3) is 3.14. The second-order valence-electron chi connectivity index (χ2n) is 8.93. The molecule has 4 rings (SSSR count). The Balaban J connectivity index is 1.88. The highest BCUT2D eigenvalue weighted by Crippen LogP contribution is 2.41. The Hall–Kier alpha value is -1.93. The fourth-order valence-corrected chi connectivity index (χ4v) is 7.98. The molecule has 0 spiro atoms. The fourth-order valence-electron chi connectivity index (χ4n) is 4.62. The number of nitrogens with zero attached hydrogens (tertiary/aromatic N) is 1. The first kappa shape index (κ1) is 18.4. The van der Waals surface area contributed by atoms with Gasteiger partial charge in [-0.3, -0.25) is 0 Å². The van der Waals surface area contributed by atoms with E-state index in [2.05, 4.69) is 87.2 Å². The zero-order valence-corrected chi connectivity index (χ0v) is 18.5. The van der Waals surface area contributed by atoms with E-state index in [1.807, 2.05) is 0 Å². The Bertz CT molecular complexity index is 999. The van der Waals surface area contributed by atoms with Crippen molar-refractivity contribution < 1.29 is 4.57 Å². The van der Waals surface area contributed by atoms with Gasteiger partial charge >= 0.3 is 0 Å². The summed E-state index contributed by atoms with van der Waals surface area (Å²) in [5.74, 6) is 0.